The summed E-state index contributed by atoms with van der Waals surface area (Å²) in [5, 5.41) is 6.89. The smallest absolute Gasteiger partial charge is 0.407 e. The van der Waals surface area contributed by atoms with Gasteiger partial charge in [-0.3, -0.25) is 0 Å². The molecule has 1 N–H and O–H groups in total. The number of amides is 1. The molecule has 0 aliphatic heterocycles. The molecule has 10 nitrogen and oxygen atoms in total. The maximum absolute atomic E-state index is 13.8. The molecule has 3 aromatic rings. The molecule has 2 aromatic heterocycles. The van der Waals surface area contributed by atoms with E-state index in [0.29, 0.717) is 23.4 Å². The lowest BCUT2D eigenvalue weighted by molar-refractivity contribution is 0.0508. The number of aromatic nitrogens is 3. The highest BCUT2D eigenvalue weighted by molar-refractivity contribution is 5.88. The van der Waals surface area contributed by atoms with Gasteiger partial charge in [-0.05, 0) is 52.0 Å². The van der Waals surface area contributed by atoms with Gasteiger partial charge in [-0.15, -0.1) is 5.10 Å². The second-order valence-electron chi connectivity index (χ2n) is 8.43. The first kappa shape index (κ1) is 25.7. The Balaban J connectivity index is 1.56. The predicted octanol–water partition coefficient (Wildman–Crippen LogP) is 3.57. The van der Waals surface area contributed by atoms with Crippen LogP contribution in [0.25, 0.3) is 5.65 Å². The standard InChI is InChI=1S/C24H29FN4O6/c1-5-32-22(30)18-15-27-20-8-9-21(28-29(18)20)34-12-10-16-14-17(25)6-7-19(16)33-13-11-26-23(31)35-24(2,3)4/h6-9,14-15H,5,10-13H2,1-4H3,(H,26,31). The first-order chi connectivity index (χ1) is 16.7. The van der Waals surface area contributed by atoms with Crippen molar-refractivity contribution in [2.75, 3.05) is 26.4 Å². The highest BCUT2D eigenvalue weighted by Gasteiger charge is 2.16. The van der Waals surface area contributed by atoms with Gasteiger partial charge in [0.05, 0.1) is 26.0 Å². The van der Waals surface area contributed by atoms with Gasteiger partial charge in [0.15, 0.2) is 11.3 Å². The summed E-state index contributed by atoms with van der Waals surface area (Å²) in [5.41, 5.74) is 0.666. The molecule has 0 spiro atoms. The van der Waals surface area contributed by atoms with Crippen molar-refractivity contribution in [3.63, 3.8) is 0 Å². The molecular weight excluding hydrogens is 459 g/mol. The Hall–Kier alpha value is -3.89. The third-order valence-corrected chi connectivity index (χ3v) is 4.49. The van der Waals surface area contributed by atoms with Crippen molar-refractivity contribution < 1.29 is 32.9 Å². The van der Waals surface area contributed by atoms with Crippen LogP contribution in [-0.4, -0.2) is 58.6 Å². The van der Waals surface area contributed by atoms with Crippen molar-refractivity contribution in [3.05, 3.63) is 53.6 Å². The molecule has 11 heteroatoms. The molecule has 0 radical (unpaired) electrons. The third-order valence-electron chi connectivity index (χ3n) is 4.49. The van der Waals surface area contributed by atoms with Gasteiger partial charge in [0.25, 0.3) is 0 Å². The molecule has 0 bridgehead atoms. The van der Waals surface area contributed by atoms with E-state index in [4.69, 9.17) is 18.9 Å². The van der Waals surface area contributed by atoms with Crippen molar-refractivity contribution in [1.29, 1.82) is 0 Å². The lowest BCUT2D eigenvalue weighted by Gasteiger charge is -2.19. The lowest BCUT2D eigenvalue weighted by atomic mass is 10.1. The van der Waals surface area contributed by atoms with E-state index in [1.807, 2.05) is 0 Å². The molecule has 0 saturated heterocycles. The van der Waals surface area contributed by atoms with E-state index in [2.05, 4.69) is 15.4 Å². The molecule has 2 heterocycles. The molecule has 0 saturated carbocycles. The van der Waals surface area contributed by atoms with Crippen LogP contribution in [0.1, 0.15) is 43.7 Å². The number of fused-ring (bicyclic) bond motifs is 1. The van der Waals surface area contributed by atoms with Gasteiger partial charge in [-0.2, -0.15) is 0 Å². The predicted molar refractivity (Wildman–Crippen MR) is 124 cm³/mol. The zero-order chi connectivity index (χ0) is 25.4. The quantitative estimate of drug-likeness (QED) is 0.340. The number of rotatable bonds is 10. The number of nitrogens with one attached hydrogen (secondary N) is 1. The number of nitrogens with zero attached hydrogens (tertiary/aromatic N) is 3. The van der Waals surface area contributed by atoms with Crippen molar-refractivity contribution in [2.45, 2.75) is 39.7 Å². The number of benzene rings is 1. The summed E-state index contributed by atoms with van der Waals surface area (Å²) < 4.78 is 36.8. The van der Waals surface area contributed by atoms with Crippen LogP contribution in [0, 0.1) is 5.82 Å². The monoisotopic (exact) mass is 488 g/mol. The van der Waals surface area contributed by atoms with Gasteiger partial charge < -0.3 is 24.3 Å². The highest BCUT2D eigenvalue weighted by atomic mass is 19.1. The van der Waals surface area contributed by atoms with E-state index in [9.17, 15) is 14.0 Å². The number of esters is 1. The fourth-order valence-electron chi connectivity index (χ4n) is 3.06. The minimum Gasteiger partial charge on any atom is -0.491 e. The number of ether oxygens (including phenoxy) is 4. The number of imidazole rings is 1. The van der Waals surface area contributed by atoms with Gasteiger partial charge in [-0.1, -0.05) is 0 Å². The summed E-state index contributed by atoms with van der Waals surface area (Å²) in [6, 6.07) is 7.49. The van der Waals surface area contributed by atoms with Gasteiger partial charge in [0.2, 0.25) is 5.88 Å². The number of hydrogen-bond donors (Lipinski definition) is 1. The average molecular weight is 489 g/mol. The zero-order valence-electron chi connectivity index (χ0n) is 20.2. The first-order valence-electron chi connectivity index (χ1n) is 11.2. The minimum atomic E-state index is -0.591. The molecule has 1 amide bonds. The highest BCUT2D eigenvalue weighted by Crippen LogP contribution is 2.21. The number of carbonyl (C=O) groups excluding carboxylic acids is 2. The molecule has 0 aliphatic carbocycles. The van der Waals surface area contributed by atoms with Crippen LogP contribution < -0.4 is 14.8 Å². The zero-order valence-corrected chi connectivity index (χ0v) is 20.2. The van der Waals surface area contributed by atoms with Crippen LogP contribution in [0.4, 0.5) is 9.18 Å². The van der Waals surface area contributed by atoms with E-state index in [0.717, 1.165) is 0 Å². The van der Waals surface area contributed by atoms with Crippen LogP contribution in [0.15, 0.2) is 36.5 Å². The summed E-state index contributed by atoms with van der Waals surface area (Å²) in [5.74, 6) is -0.200. The van der Waals surface area contributed by atoms with E-state index in [1.54, 1.807) is 39.8 Å². The Morgan fingerprint density at radius 3 is 2.66 bits per heavy atom. The van der Waals surface area contributed by atoms with Gasteiger partial charge in [0, 0.05) is 18.1 Å². The van der Waals surface area contributed by atoms with Crippen LogP contribution in [0.5, 0.6) is 11.6 Å². The van der Waals surface area contributed by atoms with E-state index in [1.165, 1.54) is 28.9 Å². The fourth-order valence-corrected chi connectivity index (χ4v) is 3.06. The molecule has 188 valence electrons. The van der Waals surface area contributed by atoms with E-state index in [-0.39, 0.29) is 37.9 Å². The summed E-state index contributed by atoms with van der Waals surface area (Å²) in [6.07, 6.45) is 1.18. The molecule has 35 heavy (non-hydrogen) atoms. The maximum Gasteiger partial charge on any atom is 0.407 e. The van der Waals surface area contributed by atoms with Crippen molar-refractivity contribution in [1.82, 2.24) is 19.9 Å². The molecule has 0 fully saturated rings. The molecule has 0 atom stereocenters. The first-order valence-corrected chi connectivity index (χ1v) is 11.2. The van der Waals surface area contributed by atoms with Gasteiger partial charge >= 0.3 is 12.1 Å². The molecule has 0 aliphatic rings. The van der Waals surface area contributed by atoms with Crippen LogP contribution in [0.3, 0.4) is 0 Å². The van der Waals surface area contributed by atoms with Crippen LogP contribution >= 0.6 is 0 Å². The lowest BCUT2D eigenvalue weighted by Crippen LogP contribution is -2.34. The molecule has 0 unspecified atom stereocenters. The van der Waals surface area contributed by atoms with Crippen LogP contribution in [0.2, 0.25) is 0 Å². The SMILES string of the molecule is CCOC(=O)c1cnc2ccc(OCCc3cc(F)ccc3OCCNC(=O)OC(C)(C)C)nn12. The van der Waals surface area contributed by atoms with Gasteiger partial charge in [-0.25, -0.2) is 23.5 Å². The second-order valence-corrected chi connectivity index (χ2v) is 8.43. The Morgan fingerprint density at radius 2 is 1.91 bits per heavy atom. The maximum atomic E-state index is 13.8. The van der Waals surface area contributed by atoms with Crippen molar-refractivity contribution in [2.24, 2.45) is 0 Å². The number of hydrogen-bond acceptors (Lipinski definition) is 8. The summed E-state index contributed by atoms with van der Waals surface area (Å²) in [7, 11) is 0. The second kappa shape index (κ2) is 11.5. The third kappa shape index (κ3) is 7.56. The Labute approximate surface area is 202 Å². The Bertz CT molecular complexity index is 1170. The Kier molecular flexibility index (Phi) is 8.45. The summed E-state index contributed by atoms with van der Waals surface area (Å²) in [4.78, 5) is 27.9. The average Bonchev–Trinajstić information content (AvgIpc) is 3.20. The van der Waals surface area contributed by atoms with E-state index < -0.39 is 23.5 Å². The van der Waals surface area contributed by atoms with Gasteiger partial charge in [0.1, 0.15) is 23.8 Å². The molecule has 1 aromatic carbocycles. The minimum absolute atomic E-state index is 0.175. The van der Waals surface area contributed by atoms with Crippen molar-refractivity contribution >= 4 is 17.7 Å². The van der Waals surface area contributed by atoms with Crippen LogP contribution in [-0.2, 0) is 15.9 Å². The summed E-state index contributed by atoms with van der Waals surface area (Å²) >= 11 is 0. The number of alkyl carbamates (subject to hydrolysis) is 1. The fraction of sp³-hybridized carbons (Fsp3) is 0.417. The largest absolute Gasteiger partial charge is 0.491 e. The molecular formula is C24H29FN4O6. The number of carbonyl (C=O) groups is 2. The van der Waals surface area contributed by atoms with E-state index >= 15 is 0 Å². The number of halogens is 1. The topological polar surface area (TPSA) is 113 Å². The summed E-state index contributed by atoms with van der Waals surface area (Å²) in [6.45, 7) is 7.85. The Morgan fingerprint density at radius 1 is 1.11 bits per heavy atom. The molecule has 3 rings (SSSR count). The van der Waals surface area contributed by atoms with Crippen molar-refractivity contribution in [3.8, 4) is 11.6 Å². The normalized spacial score (nSPS) is 11.2.